The SMILES string of the molecule is CN(C)CCN(CC(=O)O)C(=O)COc1ccccc1F. The van der Waals surface area contributed by atoms with Crippen molar-refractivity contribution in [2.75, 3.05) is 40.3 Å². The van der Waals surface area contributed by atoms with Crippen LogP contribution in [0.3, 0.4) is 0 Å². The number of likely N-dealkylation sites (N-methyl/N-ethyl adjacent to an activating group) is 1. The van der Waals surface area contributed by atoms with Gasteiger partial charge in [0.1, 0.15) is 6.54 Å². The molecule has 1 N–H and O–H groups in total. The molecule has 0 atom stereocenters. The number of carbonyl (C=O) groups is 2. The van der Waals surface area contributed by atoms with Crippen molar-refractivity contribution in [3.8, 4) is 5.75 Å². The normalized spacial score (nSPS) is 10.5. The summed E-state index contributed by atoms with van der Waals surface area (Å²) in [5.74, 6) is -2.20. The highest BCUT2D eigenvalue weighted by Gasteiger charge is 2.18. The maximum Gasteiger partial charge on any atom is 0.323 e. The molecule has 7 heteroatoms. The number of carboxylic acids is 1. The summed E-state index contributed by atoms with van der Waals surface area (Å²) >= 11 is 0. The summed E-state index contributed by atoms with van der Waals surface area (Å²) < 4.78 is 18.4. The van der Waals surface area contributed by atoms with Crippen LogP contribution in [-0.2, 0) is 9.59 Å². The Bertz CT molecular complexity index is 494. The Morgan fingerprint density at radius 1 is 1.24 bits per heavy atom. The van der Waals surface area contributed by atoms with Crippen molar-refractivity contribution < 1.29 is 23.8 Å². The van der Waals surface area contributed by atoms with Crippen LogP contribution in [0, 0.1) is 5.82 Å². The van der Waals surface area contributed by atoms with Crippen LogP contribution in [0.1, 0.15) is 0 Å². The monoisotopic (exact) mass is 298 g/mol. The molecule has 0 unspecified atom stereocenters. The van der Waals surface area contributed by atoms with E-state index in [1.807, 2.05) is 19.0 Å². The lowest BCUT2D eigenvalue weighted by Crippen LogP contribution is -2.42. The lowest BCUT2D eigenvalue weighted by molar-refractivity contribution is -0.145. The molecule has 1 aromatic carbocycles. The van der Waals surface area contributed by atoms with Gasteiger partial charge in [-0.1, -0.05) is 12.1 Å². The quantitative estimate of drug-likeness (QED) is 0.764. The molecule has 0 spiro atoms. The molecule has 1 rings (SSSR count). The average molecular weight is 298 g/mol. The van der Waals surface area contributed by atoms with Gasteiger partial charge in [0, 0.05) is 13.1 Å². The van der Waals surface area contributed by atoms with E-state index in [1.165, 1.54) is 23.1 Å². The fraction of sp³-hybridized carbons (Fsp3) is 0.429. The Hall–Kier alpha value is -2.15. The minimum atomic E-state index is -1.10. The standard InChI is InChI=1S/C14H19FN2O4/c1-16(2)7-8-17(9-14(19)20)13(18)10-21-12-6-4-3-5-11(12)15/h3-6H,7-10H2,1-2H3,(H,19,20). The molecular formula is C14H19FN2O4. The number of benzene rings is 1. The van der Waals surface area contributed by atoms with E-state index in [0.29, 0.717) is 6.54 Å². The van der Waals surface area contributed by atoms with Gasteiger partial charge < -0.3 is 19.6 Å². The number of nitrogens with zero attached hydrogens (tertiary/aromatic N) is 2. The van der Waals surface area contributed by atoms with Crippen LogP contribution in [0.15, 0.2) is 24.3 Å². The minimum absolute atomic E-state index is 0.0336. The van der Waals surface area contributed by atoms with Gasteiger partial charge in [-0.25, -0.2) is 4.39 Å². The molecule has 0 aliphatic carbocycles. The van der Waals surface area contributed by atoms with E-state index >= 15 is 0 Å². The Morgan fingerprint density at radius 2 is 1.90 bits per heavy atom. The highest BCUT2D eigenvalue weighted by molar-refractivity contribution is 5.82. The first-order valence-electron chi connectivity index (χ1n) is 6.41. The van der Waals surface area contributed by atoms with Gasteiger partial charge in [-0.2, -0.15) is 0 Å². The molecular weight excluding hydrogens is 279 g/mol. The van der Waals surface area contributed by atoms with Gasteiger partial charge in [0.15, 0.2) is 18.2 Å². The van der Waals surface area contributed by atoms with Crippen LogP contribution in [0.4, 0.5) is 4.39 Å². The average Bonchev–Trinajstić information content (AvgIpc) is 2.41. The van der Waals surface area contributed by atoms with Crippen LogP contribution in [0.2, 0.25) is 0 Å². The van der Waals surface area contributed by atoms with Gasteiger partial charge >= 0.3 is 5.97 Å². The van der Waals surface area contributed by atoms with Gasteiger partial charge in [-0.3, -0.25) is 9.59 Å². The molecule has 0 saturated heterocycles. The summed E-state index contributed by atoms with van der Waals surface area (Å²) in [6, 6.07) is 5.73. The highest BCUT2D eigenvalue weighted by atomic mass is 19.1. The molecule has 1 amide bonds. The van der Waals surface area contributed by atoms with Crippen LogP contribution in [-0.4, -0.2) is 67.1 Å². The summed E-state index contributed by atoms with van der Waals surface area (Å²) in [5.41, 5.74) is 0. The minimum Gasteiger partial charge on any atom is -0.481 e. The topological polar surface area (TPSA) is 70.1 Å². The number of hydrogen-bond acceptors (Lipinski definition) is 4. The fourth-order valence-corrected chi connectivity index (χ4v) is 1.57. The van der Waals surface area contributed by atoms with E-state index in [1.54, 1.807) is 6.07 Å². The zero-order chi connectivity index (χ0) is 15.8. The molecule has 0 saturated carbocycles. The predicted molar refractivity (Wildman–Crippen MR) is 74.7 cm³/mol. The zero-order valence-corrected chi connectivity index (χ0v) is 12.1. The number of carboxylic acid groups (broad SMARTS) is 1. The molecule has 0 radical (unpaired) electrons. The van der Waals surface area contributed by atoms with E-state index in [4.69, 9.17) is 9.84 Å². The third kappa shape index (κ3) is 6.22. The Morgan fingerprint density at radius 3 is 2.48 bits per heavy atom. The third-order valence-electron chi connectivity index (χ3n) is 2.68. The van der Waals surface area contributed by atoms with Crippen LogP contribution < -0.4 is 4.74 Å². The second kappa shape index (κ2) is 8.21. The number of carbonyl (C=O) groups excluding carboxylic acids is 1. The van der Waals surface area contributed by atoms with Crippen LogP contribution in [0.25, 0.3) is 0 Å². The number of amides is 1. The highest BCUT2D eigenvalue weighted by Crippen LogP contribution is 2.15. The molecule has 0 fully saturated rings. The summed E-state index contributed by atoms with van der Waals surface area (Å²) in [7, 11) is 3.64. The number of para-hydroxylation sites is 1. The van der Waals surface area contributed by atoms with Crippen molar-refractivity contribution in [3.05, 3.63) is 30.1 Å². The smallest absolute Gasteiger partial charge is 0.323 e. The first-order chi connectivity index (χ1) is 9.90. The predicted octanol–water partition coefficient (Wildman–Crippen LogP) is 0.679. The number of aliphatic carboxylic acids is 1. The van der Waals surface area contributed by atoms with Crippen molar-refractivity contribution in [1.29, 1.82) is 0 Å². The van der Waals surface area contributed by atoms with Gasteiger partial charge in [0.05, 0.1) is 0 Å². The Labute approximate surface area is 122 Å². The lowest BCUT2D eigenvalue weighted by Gasteiger charge is -2.22. The summed E-state index contributed by atoms with van der Waals surface area (Å²) in [4.78, 5) is 25.8. The van der Waals surface area contributed by atoms with Gasteiger partial charge in [0.2, 0.25) is 0 Å². The molecule has 116 valence electrons. The summed E-state index contributed by atoms with van der Waals surface area (Å²) in [6.45, 7) is -0.0214. The zero-order valence-electron chi connectivity index (χ0n) is 12.1. The van der Waals surface area contributed by atoms with Crippen molar-refractivity contribution >= 4 is 11.9 Å². The first-order valence-corrected chi connectivity index (χ1v) is 6.41. The lowest BCUT2D eigenvalue weighted by atomic mass is 10.3. The fourth-order valence-electron chi connectivity index (χ4n) is 1.57. The molecule has 6 nitrogen and oxygen atoms in total. The van der Waals surface area contributed by atoms with Crippen molar-refractivity contribution in [1.82, 2.24) is 9.80 Å². The van der Waals surface area contributed by atoms with E-state index in [2.05, 4.69) is 0 Å². The molecule has 0 heterocycles. The Balaban J connectivity index is 2.59. The molecule has 0 aliphatic rings. The summed E-state index contributed by atoms with van der Waals surface area (Å²) in [6.07, 6.45) is 0. The van der Waals surface area contributed by atoms with Crippen molar-refractivity contribution in [2.45, 2.75) is 0 Å². The number of rotatable bonds is 8. The molecule has 1 aromatic rings. The van der Waals surface area contributed by atoms with Gasteiger partial charge in [-0.15, -0.1) is 0 Å². The van der Waals surface area contributed by atoms with E-state index in [-0.39, 0.29) is 12.3 Å². The van der Waals surface area contributed by atoms with Crippen molar-refractivity contribution in [2.24, 2.45) is 0 Å². The number of ether oxygens (including phenoxy) is 1. The van der Waals surface area contributed by atoms with E-state index in [0.717, 1.165) is 0 Å². The van der Waals surface area contributed by atoms with Crippen LogP contribution in [0.5, 0.6) is 5.75 Å². The third-order valence-corrected chi connectivity index (χ3v) is 2.68. The van der Waals surface area contributed by atoms with E-state index in [9.17, 15) is 14.0 Å². The first kappa shape index (κ1) is 16.9. The Kier molecular flexibility index (Phi) is 6.61. The van der Waals surface area contributed by atoms with Gasteiger partial charge in [0.25, 0.3) is 5.91 Å². The largest absolute Gasteiger partial charge is 0.481 e. The molecule has 0 aromatic heterocycles. The molecule has 21 heavy (non-hydrogen) atoms. The summed E-state index contributed by atoms with van der Waals surface area (Å²) in [5, 5.41) is 8.82. The van der Waals surface area contributed by atoms with E-state index < -0.39 is 30.8 Å². The van der Waals surface area contributed by atoms with Gasteiger partial charge in [-0.05, 0) is 26.2 Å². The molecule has 0 aliphatic heterocycles. The molecule has 0 bridgehead atoms. The van der Waals surface area contributed by atoms with Crippen molar-refractivity contribution in [3.63, 3.8) is 0 Å². The number of halogens is 1. The van der Waals surface area contributed by atoms with Crippen LogP contribution >= 0.6 is 0 Å². The number of hydrogen-bond donors (Lipinski definition) is 1. The second-order valence-corrected chi connectivity index (χ2v) is 4.73. The maximum atomic E-state index is 13.4. The maximum absolute atomic E-state index is 13.4. The second-order valence-electron chi connectivity index (χ2n) is 4.73.